The van der Waals surface area contributed by atoms with Crippen molar-refractivity contribution in [3.8, 4) is 0 Å². The van der Waals surface area contributed by atoms with Gasteiger partial charge in [-0.3, -0.25) is 0 Å². The summed E-state index contributed by atoms with van der Waals surface area (Å²) in [4.78, 5) is 6.32. The van der Waals surface area contributed by atoms with E-state index >= 15 is 0 Å². The monoisotopic (exact) mass is 331 g/mol. The molecule has 5 nitrogen and oxygen atoms in total. The van der Waals surface area contributed by atoms with Crippen LogP contribution in [0.15, 0.2) is 12.3 Å². The van der Waals surface area contributed by atoms with Crippen molar-refractivity contribution in [1.82, 2.24) is 10.3 Å². The van der Waals surface area contributed by atoms with Gasteiger partial charge in [-0.05, 0) is 32.4 Å². The summed E-state index contributed by atoms with van der Waals surface area (Å²) >= 11 is 6.19. The molecule has 2 rings (SSSR count). The van der Waals surface area contributed by atoms with E-state index in [4.69, 9.17) is 11.6 Å². The van der Waals surface area contributed by atoms with Crippen LogP contribution in [0.2, 0.25) is 5.02 Å². The Bertz CT molecular complexity index is 597. The van der Waals surface area contributed by atoms with Crippen molar-refractivity contribution >= 4 is 27.3 Å². The van der Waals surface area contributed by atoms with Gasteiger partial charge in [-0.25, -0.2) is 13.4 Å². The molecule has 0 bridgehead atoms. The normalized spacial score (nSPS) is 18.8. The molecule has 0 saturated carbocycles. The minimum absolute atomic E-state index is 0.00592. The fourth-order valence-corrected chi connectivity index (χ4v) is 3.45. The maximum atomic E-state index is 11.5. The van der Waals surface area contributed by atoms with Gasteiger partial charge in [0.2, 0.25) is 0 Å². The van der Waals surface area contributed by atoms with Crippen LogP contribution in [0.25, 0.3) is 0 Å². The molecule has 0 radical (unpaired) electrons. The van der Waals surface area contributed by atoms with Gasteiger partial charge < -0.3 is 10.2 Å². The summed E-state index contributed by atoms with van der Waals surface area (Å²) in [6.45, 7) is 7.92. The number of hydrogen-bond acceptors (Lipinski definition) is 5. The first-order valence-electron chi connectivity index (χ1n) is 7.01. The molecule has 1 aliphatic rings. The number of hydrogen-bond donors (Lipinski definition) is 1. The van der Waals surface area contributed by atoms with Gasteiger partial charge in [0.1, 0.15) is 5.82 Å². The molecule has 1 aromatic heterocycles. The van der Waals surface area contributed by atoms with Gasteiger partial charge in [-0.1, -0.05) is 11.6 Å². The van der Waals surface area contributed by atoms with Crippen LogP contribution in [0.1, 0.15) is 26.3 Å². The lowest BCUT2D eigenvalue weighted by Crippen LogP contribution is -2.40. The molecule has 0 atom stereocenters. The van der Waals surface area contributed by atoms with E-state index in [-0.39, 0.29) is 17.0 Å². The fourth-order valence-electron chi connectivity index (χ4n) is 2.08. The highest BCUT2D eigenvalue weighted by Crippen LogP contribution is 2.22. The van der Waals surface area contributed by atoms with E-state index < -0.39 is 9.84 Å². The highest BCUT2D eigenvalue weighted by Gasteiger charge is 2.23. The Morgan fingerprint density at radius 2 is 1.95 bits per heavy atom. The molecule has 118 valence electrons. The van der Waals surface area contributed by atoms with Crippen molar-refractivity contribution in [2.75, 3.05) is 29.5 Å². The van der Waals surface area contributed by atoms with E-state index in [0.717, 1.165) is 11.4 Å². The number of nitrogens with zero attached hydrogens (tertiary/aromatic N) is 2. The highest BCUT2D eigenvalue weighted by molar-refractivity contribution is 7.91. The molecule has 2 heterocycles. The Hall–Kier alpha value is -0.850. The number of anilines is 1. The van der Waals surface area contributed by atoms with Crippen LogP contribution >= 0.6 is 11.6 Å². The molecule has 0 amide bonds. The molecule has 1 saturated heterocycles. The average molecular weight is 332 g/mol. The van der Waals surface area contributed by atoms with Gasteiger partial charge in [0.15, 0.2) is 9.84 Å². The third kappa shape index (κ3) is 4.83. The molecular formula is C14H22ClN3O2S. The standard InChI is InChI=1S/C14H22ClN3O2S/c1-14(2,3)17-9-11-8-13(16-10-12(11)15)18-4-6-21(19,20)7-5-18/h8,10,17H,4-7,9H2,1-3H3. The third-order valence-corrected chi connectivity index (χ3v) is 5.35. The molecule has 1 fully saturated rings. The van der Waals surface area contributed by atoms with E-state index in [1.165, 1.54) is 0 Å². The number of halogens is 1. The quantitative estimate of drug-likeness (QED) is 0.916. The smallest absolute Gasteiger partial charge is 0.153 e. The maximum absolute atomic E-state index is 11.5. The first kappa shape index (κ1) is 16.5. The zero-order valence-corrected chi connectivity index (χ0v) is 14.3. The van der Waals surface area contributed by atoms with Crippen LogP contribution in [-0.4, -0.2) is 43.5 Å². The van der Waals surface area contributed by atoms with Crippen LogP contribution in [0, 0.1) is 0 Å². The first-order valence-corrected chi connectivity index (χ1v) is 9.21. The van der Waals surface area contributed by atoms with Crippen LogP contribution in [0.5, 0.6) is 0 Å². The molecule has 7 heteroatoms. The zero-order valence-electron chi connectivity index (χ0n) is 12.7. The summed E-state index contributed by atoms with van der Waals surface area (Å²) in [5.41, 5.74) is 0.983. The molecule has 0 spiro atoms. The van der Waals surface area contributed by atoms with Crippen LogP contribution in [0.4, 0.5) is 5.82 Å². The minimum Gasteiger partial charge on any atom is -0.355 e. The Morgan fingerprint density at radius 1 is 1.33 bits per heavy atom. The maximum Gasteiger partial charge on any atom is 0.153 e. The number of aromatic nitrogens is 1. The van der Waals surface area contributed by atoms with Gasteiger partial charge in [-0.15, -0.1) is 0 Å². The lowest BCUT2D eigenvalue weighted by Gasteiger charge is -2.28. The zero-order chi connectivity index (χ0) is 15.7. The van der Waals surface area contributed by atoms with E-state index in [1.54, 1.807) is 6.20 Å². The Balaban J connectivity index is 2.11. The Kier molecular flexibility index (Phi) is 4.80. The molecule has 1 aliphatic heterocycles. The summed E-state index contributed by atoms with van der Waals surface area (Å²) in [5, 5.41) is 4.02. The van der Waals surface area contributed by atoms with Gasteiger partial charge in [0.25, 0.3) is 0 Å². The largest absolute Gasteiger partial charge is 0.355 e. The number of rotatable bonds is 3. The van der Waals surface area contributed by atoms with E-state index in [2.05, 4.69) is 31.1 Å². The molecule has 1 N–H and O–H groups in total. The fraction of sp³-hybridized carbons (Fsp3) is 0.643. The second-order valence-corrected chi connectivity index (χ2v) is 9.09. The topological polar surface area (TPSA) is 62.3 Å². The van der Waals surface area contributed by atoms with Crippen molar-refractivity contribution in [2.24, 2.45) is 0 Å². The lowest BCUT2D eigenvalue weighted by atomic mass is 10.1. The highest BCUT2D eigenvalue weighted by atomic mass is 35.5. The van der Waals surface area contributed by atoms with Gasteiger partial charge in [-0.2, -0.15) is 0 Å². The molecule has 1 aromatic rings. The number of nitrogens with one attached hydrogen (secondary N) is 1. The SMILES string of the molecule is CC(C)(C)NCc1cc(N2CCS(=O)(=O)CC2)ncc1Cl. The second-order valence-electron chi connectivity index (χ2n) is 6.38. The Morgan fingerprint density at radius 3 is 2.52 bits per heavy atom. The second kappa shape index (κ2) is 6.10. The summed E-state index contributed by atoms with van der Waals surface area (Å²) in [6, 6.07) is 1.94. The molecular weight excluding hydrogens is 310 g/mol. The van der Waals surface area contributed by atoms with Gasteiger partial charge >= 0.3 is 0 Å². The van der Waals surface area contributed by atoms with Crippen molar-refractivity contribution in [2.45, 2.75) is 32.9 Å². The van der Waals surface area contributed by atoms with Crippen LogP contribution in [0.3, 0.4) is 0 Å². The van der Waals surface area contributed by atoms with Crippen molar-refractivity contribution in [3.63, 3.8) is 0 Å². The molecule has 21 heavy (non-hydrogen) atoms. The molecule has 0 aromatic carbocycles. The Labute approximate surface area is 131 Å². The van der Waals surface area contributed by atoms with E-state index in [0.29, 0.717) is 24.7 Å². The van der Waals surface area contributed by atoms with Crippen molar-refractivity contribution in [3.05, 3.63) is 22.8 Å². The van der Waals surface area contributed by atoms with Crippen molar-refractivity contribution < 1.29 is 8.42 Å². The number of pyridine rings is 1. The lowest BCUT2D eigenvalue weighted by molar-refractivity contribution is 0.424. The summed E-state index contributed by atoms with van der Waals surface area (Å²) in [5.74, 6) is 1.17. The van der Waals surface area contributed by atoms with Gasteiger partial charge in [0.05, 0.1) is 16.5 Å². The predicted octanol–water partition coefficient (Wildman–Crippen LogP) is 1.86. The van der Waals surface area contributed by atoms with Crippen LogP contribution < -0.4 is 10.2 Å². The van der Waals surface area contributed by atoms with Gasteiger partial charge in [0, 0.05) is 31.4 Å². The first-order chi connectivity index (χ1) is 9.66. The summed E-state index contributed by atoms with van der Waals surface area (Å²) < 4.78 is 23.0. The van der Waals surface area contributed by atoms with Crippen LogP contribution in [-0.2, 0) is 16.4 Å². The third-order valence-electron chi connectivity index (χ3n) is 3.40. The average Bonchev–Trinajstić information content (AvgIpc) is 2.37. The predicted molar refractivity (Wildman–Crippen MR) is 86.7 cm³/mol. The van der Waals surface area contributed by atoms with E-state index in [9.17, 15) is 8.42 Å². The van der Waals surface area contributed by atoms with E-state index in [1.807, 2.05) is 11.0 Å². The van der Waals surface area contributed by atoms with Crippen molar-refractivity contribution in [1.29, 1.82) is 0 Å². The molecule has 0 unspecified atom stereocenters. The summed E-state index contributed by atoms with van der Waals surface area (Å²) in [7, 11) is -2.88. The minimum atomic E-state index is -2.88. The number of sulfone groups is 1. The summed E-state index contributed by atoms with van der Waals surface area (Å²) in [6.07, 6.45) is 1.64. The molecule has 0 aliphatic carbocycles.